The third-order valence-electron chi connectivity index (χ3n) is 3.16. The van der Waals surface area contributed by atoms with Gasteiger partial charge in [0.2, 0.25) is 0 Å². The smallest absolute Gasteiger partial charge is 0.261 e. The topological polar surface area (TPSA) is 72.9 Å². The number of fused-ring (bicyclic) bond motifs is 1. The maximum atomic E-state index is 12.3. The monoisotopic (exact) mass is 300 g/mol. The molecule has 0 aliphatic rings. The van der Waals surface area contributed by atoms with Crippen LogP contribution in [0.2, 0.25) is 0 Å². The number of rotatable bonds is 4. The van der Waals surface area contributed by atoms with Gasteiger partial charge in [0.1, 0.15) is 0 Å². The second kappa shape index (κ2) is 5.57. The highest BCUT2D eigenvalue weighted by molar-refractivity contribution is 7.20. The maximum absolute atomic E-state index is 12.3. The molecule has 2 aromatic heterocycles. The van der Waals surface area contributed by atoms with Crippen molar-refractivity contribution in [2.24, 2.45) is 0 Å². The second-order valence-electron chi connectivity index (χ2n) is 5.01. The lowest BCUT2D eigenvalue weighted by Crippen LogP contribution is -2.35. The maximum Gasteiger partial charge on any atom is 0.261 e. The molecule has 1 atom stereocenters. The normalized spacial score (nSPS) is 12.4. The minimum atomic E-state index is -0.0607. The molecule has 3 N–H and O–H groups in total. The van der Waals surface area contributed by atoms with Crippen molar-refractivity contribution in [1.82, 2.24) is 15.1 Å². The quantitative estimate of drug-likeness (QED) is 0.727. The lowest BCUT2D eigenvalue weighted by Gasteiger charge is -2.13. The molecule has 0 spiro atoms. The van der Waals surface area contributed by atoms with Crippen molar-refractivity contribution in [3.05, 3.63) is 47.6 Å². The van der Waals surface area contributed by atoms with Crippen LogP contribution >= 0.6 is 11.3 Å². The molecule has 2 heterocycles. The second-order valence-corrected chi connectivity index (χ2v) is 6.09. The van der Waals surface area contributed by atoms with Crippen LogP contribution < -0.4 is 11.1 Å². The number of nitrogens with zero attached hydrogens (tertiary/aromatic N) is 2. The Labute approximate surface area is 126 Å². The molecule has 3 rings (SSSR count). The van der Waals surface area contributed by atoms with Crippen LogP contribution in [-0.4, -0.2) is 21.7 Å². The summed E-state index contributed by atoms with van der Waals surface area (Å²) in [6.45, 7) is 2.61. The highest BCUT2D eigenvalue weighted by atomic mass is 32.1. The summed E-state index contributed by atoms with van der Waals surface area (Å²) in [5.41, 5.74) is 6.47. The first kappa shape index (κ1) is 13.6. The lowest BCUT2D eigenvalue weighted by molar-refractivity contribution is 0.0940. The molecule has 6 heteroatoms. The van der Waals surface area contributed by atoms with Crippen molar-refractivity contribution in [3.63, 3.8) is 0 Å². The highest BCUT2D eigenvalue weighted by Gasteiger charge is 2.13. The molecular formula is C15H16N4OS. The number of thiophene rings is 1. The molecule has 0 saturated heterocycles. The van der Waals surface area contributed by atoms with Crippen molar-refractivity contribution in [2.75, 3.05) is 5.73 Å². The number of benzene rings is 1. The summed E-state index contributed by atoms with van der Waals surface area (Å²) in [5, 5.41) is 8.13. The Morgan fingerprint density at radius 3 is 3.10 bits per heavy atom. The molecule has 1 amide bonds. The standard InChI is InChI=1S/C15H16N4OS/c1-10(9-19-6-2-5-17-19)18-15(20)14-8-11-7-12(16)3-4-13(11)21-14/h2-8,10H,9,16H2,1H3,(H,18,20). The van der Waals surface area contributed by atoms with E-state index in [0.717, 1.165) is 10.1 Å². The van der Waals surface area contributed by atoms with Crippen molar-refractivity contribution in [3.8, 4) is 0 Å². The molecule has 3 aromatic rings. The van der Waals surface area contributed by atoms with E-state index in [1.165, 1.54) is 11.3 Å². The first-order valence-corrected chi connectivity index (χ1v) is 7.51. The Morgan fingerprint density at radius 2 is 2.33 bits per heavy atom. The Morgan fingerprint density at radius 1 is 1.48 bits per heavy atom. The third-order valence-corrected chi connectivity index (χ3v) is 4.28. The van der Waals surface area contributed by atoms with Crippen molar-refractivity contribution in [2.45, 2.75) is 19.5 Å². The summed E-state index contributed by atoms with van der Waals surface area (Å²) in [6.07, 6.45) is 3.61. The first-order valence-electron chi connectivity index (χ1n) is 6.69. The number of aromatic nitrogens is 2. The van der Waals surface area contributed by atoms with Crippen molar-refractivity contribution < 1.29 is 4.79 Å². The van der Waals surface area contributed by atoms with E-state index in [1.54, 1.807) is 10.9 Å². The Hall–Kier alpha value is -2.34. The summed E-state index contributed by atoms with van der Waals surface area (Å²) in [5.74, 6) is -0.0607. The summed E-state index contributed by atoms with van der Waals surface area (Å²) in [6, 6.07) is 9.43. The van der Waals surface area contributed by atoms with Gasteiger partial charge in [-0.2, -0.15) is 5.10 Å². The van der Waals surface area contributed by atoms with Gasteiger partial charge in [-0.3, -0.25) is 9.48 Å². The van der Waals surface area contributed by atoms with Crippen molar-refractivity contribution >= 4 is 33.0 Å². The minimum absolute atomic E-state index is 0.00711. The average Bonchev–Trinajstić information content (AvgIpc) is 3.06. The molecule has 0 aliphatic heterocycles. The van der Waals surface area contributed by atoms with E-state index < -0.39 is 0 Å². The number of nitrogens with two attached hydrogens (primary N) is 1. The molecule has 0 fully saturated rings. The zero-order valence-electron chi connectivity index (χ0n) is 11.6. The fourth-order valence-electron chi connectivity index (χ4n) is 2.20. The largest absolute Gasteiger partial charge is 0.399 e. The molecular weight excluding hydrogens is 284 g/mol. The summed E-state index contributed by atoms with van der Waals surface area (Å²) >= 11 is 1.47. The van der Waals surface area contributed by atoms with Gasteiger partial charge in [-0.05, 0) is 42.6 Å². The molecule has 1 aromatic carbocycles. The predicted octanol–water partition coefficient (Wildman–Crippen LogP) is 2.50. The molecule has 0 saturated carbocycles. The third kappa shape index (κ3) is 3.05. The van der Waals surface area contributed by atoms with Crippen molar-refractivity contribution in [1.29, 1.82) is 0 Å². The Bertz CT molecular complexity index is 763. The lowest BCUT2D eigenvalue weighted by atomic mass is 10.2. The zero-order chi connectivity index (χ0) is 14.8. The van der Waals surface area contributed by atoms with Crippen LogP contribution in [0.1, 0.15) is 16.6 Å². The number of nitrogen functional groups attached to an aromatic ring is 1. The van der Waals surface area contributed by atoms with E-state index in [9.17, 15) is 4.79 Å². The Kier molecular flexibility index (Phi) is 3.62. The van der Waals surface area contributed by atoms with Crippen LogP contribution in [0.4, 0.5) is 5.69 Å². The molecule has 21 heavy (non-hydrogen) atoms. The van der Waals surface area contributed by atoms with Crippen LogP contribution in [0.3, 0.4) is 0 Å². The van der Waals surface area contributed by atoms with Crippen LogP contribution in [0.5, 0.6) is 0 Å². The summed E-state index contributed by atoms with van der Waals surface area (Å²) < 4.78 is 2.87. The van der Waals surface area contributed by atoms with Gasteiger partial charge in [0.05, 0.1) is 11.4 Å². The SMILES string of the molecule is CC(Cn1cccn1)NC(=O)c1cc2cc(N)ccc2s1. The fourth-order valence-corrected chi connectivity index (χ4v) is 3.15. The van der Waals surface area contributed by atoms with Gasteiger partial charge in [-0.25, -0.2) is 0 Å². The van der Waals surface area contributed by atoms with Crippen LogP contribution in [0.25, 0.3) is 10.1 Å². The van der Waals surface area contributed by atoms with E-state index in [0.29, 0.717) is 17.1 Å². The van der Waals surface area contributed by atoms with Gasteiger partial charge in [0, 0.05) is 28.8 Å². The number of nitrogens with one attached hydrogen (secondary N) is 1. The van der Waals surface area contributed by atoms with Gasteiger partial charge in [0.25, 0.3) is 5.91 Å². The number of hydrogen-bond donors (Lipinski definition) is 2. The number of amides is 1. The van der Waals surface area contributed by atoms with Gasteiger partial charge in [-0.1, -0.05) is 0 Å². The molecule has 108 valence electrons. The predicted molar refractivity (Wildman–Crippen MR) is 85.4 cm³/mol. The zero-order valence-corrected chi connectivity index (χ0v) is 12.4. The minimum Gasteiger partial charge on any atom is -0.399 e. The van der Waals surface area contributed by atoms with Gasteiger partial charge in [0.15, 0.2) is 0 Å². The molecule has 0 aliphatic carbocycles. The number of carbonyl (C=O) groups excluding carboxylic acids is 1. The van der Waals surface area contributed by atoms with E-state index in [2.05, 4.69) is 10.4 Å². The Balaban J connectivity index is 1.71. The fraction of sp³-hybridized carbons (Fsp3) is 0.200. The molecule has 0 radical (unpaired) electrons. The van der Waals surface area contributed by atoms with Gasteiger partial charge in [-0.15, -0.1) is 11.3 Å². The summed E-state index contributed by atoms with van der Waals surface area (Å²) in [4.78, 5) is 13.0. The number of hydrogen-bond acceptors (Lipinski definition) is 4. The van der Waals surface area contributed by atoms with Crippen LogP contribution in [-0.2, 0) is 6.54 Å². The molecule has 1 unspecified atom stereocenters. The van der Waals surface area contributed by atoms with E-state index in [-0.39, 0.29) is 11.9 Å². The average molecular weight is 300 g/mol. The van der Waals surface area contributed by atoms with Crippen LogP contribution in [0.15, 0.2) is 42.7 Å². The van der Waals surface area contributed by atoms with E-state index >= 15 is 0 Å². The molecule has 0 bridgehead atoms. The van der Waals surface area contributed by atoms with Gasteiger partial charge < -0.3 is 11.1 Å². The number of carbonyl (C=O) groups is 1. The molecule has 5 nitrogen and oxygen atoms in total. The highest BCUT2D eigenvalue weighted by Crippen LogP contribution is 2.27. The van der Waals surface area contributed by atoms with E-state index in [4.69, 9.17) is 5.73 Å². The van der Waals surface area contributed by atoms with Crippen LogP contribution in [0, 0.1) is 0 Å². The van der Waals surface area contributed by atoms with E-state index in [1.807, 2.05) is 43.5 Å². The van der Waals surface area contributed by atoms with Gasteiger partial charge >= 0.3 is 0 Å². The number of anilines is 1. The first-order chi connectivity index (χ1) is 10.1. The summed E-state index contributed by atoms with van der Waals surface area (Å²) in [7, 11) is 0.